The molecule has 0 radical (unpaired) electrons. The Morgan fingerprint density at radius 2 is 2.33 bits per heavy atom. The van der Waals surface area contributed by atoms with Gasteiger partial charge in [0.15, 0.2) is 11.2 Å². The van der Waals surface area contributed by atoms with E-state index in [1.807, 2.05) is 0 Å². The van der Waals surface area contributed by atoms with Gasteiger partial charge in [-0.1, -0.05) is 0 Å². The Bertz CT molecular complexity index is 587. The molecule has 3 N–H and O–H groups in total. The van der Waals surface area contributed by atoms with Gasteiger partial charge in [-0.2, -0.15) is 14.4 Å². The molecule has 3 rings (SSSR count). The molecule has 3 heterocycles. The number of nitrogens with two attached hydrogens (primary N) is 1. The van der Waals surface area contributed by atoms with Gasteiger partial charge in [-0.25, -0.2) is 4.98 Å². The van der Waals surface area contributed by atoms with Crippen LogP contribution in [0.4, 0.5) is 10.3 Å². The number of aromatic nitrogens is 4. The van der Waals surface area contributed by atoms with E-state index in [0.29, 0.717) is 12.1 Å². The molecule has 1 aliphatic heterocycles. The molecule has 0 amide bonds. The third kappa shape index (κ3) is 1.70. The van der Waals surface area contributed by atoms with Crippen LogP contribution in [0, 0.1) is 5.95 Å². The third-order valence-electron chi connectivity index (χ3n) is 3.00. The number of rotatable bonds is 2. The zero-order chi connectivity index (χ0) is 12.7. The lowest BCUT2D eigenvalue weighted by atomic mass is 10.2. The summed E-state index contributed by atoms with van der Waals surface area (Å²) in [5.41, 5.74) is 5.80. The number of aliphatic hydroxyl groups is 1. The number of imidazole rings is 1. The number of hydrogen-bond donors (Lipinski definition) is 2. The van der Waals surface area contributed by atoms with Crippen molar-refractivity contribution in [2.45, 2.75) is 25.2 Å². The Morgan fingerprint density at radius 3 is 3.06 bits per heavy atom. The molecule has 96 valence electrons. The number of nitrogen functional groups attached to an aromatic ring is 1. The maximum atomic E-state index is 13.5. The highest BCUT2D eigenvalue weighted by Crippen LogP contribution is 2.30. The molecule has 1 aliphatic rings. The fraction of sp³-hybridized carbons (Fsp3) is 0.500. The van der Waals surface area contributed by atoms with E-state index >= 15 is 0 Å². The maximum absolute atomic E-state index is 13.5. The van der Waals surface area contributed by atoms with Crippen LogP contribution in [0.15, 0.2) is 6.33 Å². The van der Waals surface area contributed by atoms with Crippen LogP contribution >= 0.6 is 0 Å². The predicted molar refractivity (Wildman–Crippen MR) is 59.9 cm³/mol. The van der Waals surface area contributed by atoms with Crippen molar-refractivity contribution in [3.8, 4) is 0 Å². The van der Waals surface area contributed by atoms with Gasteiger partial charge in [-0.3, -0.25) is 4.57 Å². The van der Waals surface area contributed by atoms with Crippen molar-refractivity contribution in [1.29, 1.82) is 0 Å². The van der Waals surface area contributed by atoms with Crippen LogP contribution in [-0.2, 0) is 4.74 Å². The third-order valence-corrected chi connectivity index (χ3v) is 3.00. The molecular weight excluding hydrogens is 241 g/mol. The molecule has 1 fully saturated rings. The first kappa shape index (κ1) is 11.3. The van der Waals surface area contributed by atoms with Crippen molar-refractivity contribution in [2.24, 2.45) is 0 Å². The normalized spacial score (nSPS) is 23.9. The van der Waals surface area contributed by atoms with Gasteiger partial charge < -0.3 is 15.6 Å². The molecule has 0 bridgehead atoms. The second-order valence-corrected chi connectivity index (χ2v) is 4.17. The van der Waals surface area contributed by atoms with Gasteiger partial charge in [0.2, 0.25) is 11.9 Å². The lowest BCUT2D eigenvalue weighted by molar-refractivity contribution is -0.0207. The molecular formula is C10H12FN5O2. The SMILES string of the molecule is Nc1nc(F)c2ncn(C3CCC(CO)O3)c2n1. The molecule has 2 aromatic rings. The van der Waals surface area contributed by atoms with Crippen molar-refractivity contribution in [3.05, 3.63) is 12.3 Å². The van der Waals surface area contributed by atoms with Gasteiger partial charge in [-0.05, 0) is 12.8 Å². The van der Waals surface area contributed by atoms with Gasteiger partial charge in [-0.15, -0.1) is 0 Å². The molecule has 1 saturated heterocycles. The lowest BCUT2D eigenvalue weighted by Gasteiger charge is -2.13. The smallest absolute Gasteiger partial charge is 0.245 e. The summed E-state index contributed by atoms with van der Waals surface area (Å²) < 4.78 is 20.7. The molecule has 0 saturated carbocycles. The Labute approximate surface area is 101 Å². The van der Waals surface area contributed by atoms with E-state index in [9.17, 15) is 4.39 Å². The van der Waals surface area contributed by atoms with Crippen LogP contribution in [-0.4, -0.2) is 37.3 Å². The fourth-order valence-corrected chi connectivity index (χ4v) is 2.13. The highest BCUT2D eigenvalue weighted by Gasteiger charge is 2.28. The second kappa shape index (κ2) is 4.14. The topological polar surface area (TPSA) is 99.1 Å². The van der Waals surface area contributed by atoms with Gasteiger partial charge in [0.05, 0.1) is 19.0 Å². The number of fused-ring (bicyclic) bond motifs is 1. The number of halogens is 1. The summed E-state index contributed by atoms with van der Waals surface area (Å²) in [6.45, 7) is -0.0331. The van der Waals surface area contributed by atoms with E-state index in [0.717, 1.165) is 6.42 Å². The minimum atomic E-state index is -0.743. The van der Waals surface area contributed by atoms with Crippen LogP contribution in [0.3, 0.4) is 0 Å². The van der Waals surface area contributed by atoms with E-state index in [4.69, 9.17) is 15.6 Å². The zero-order valence-corrected chi connectivity index (χ0v) is 9.45. The van der Waals surface area contributed by atoms with Crippen LogP contribution in [0.5, 0.6) is 0 Å². The monoisotopic (exact) mass is 253 g/mol. The standard InChI is InChI=1S/C10H12FN5O2/c11-8-7-9(15-10(12)14-8)16(4-13-7)6-2-1-5(3-17)18-6/h4-6,17H,1-3H2,(H2,12,14,15). The lowest BCUT2D eigenvalue weighted by Crippen LogP contribution is -2.14. The van der Waals surface area contributed by atoms with Crippen molar-refractivity contribution >= 4 is 17.1 Å². The molecule has 7 nitrogen and oxygen atoms in total. The van der Waals surface area contributed by atoms with Gasteiger partial charge >= 0.3 is 0 Å². The molecule has 8 heteroatoms. The summed E-state index contributed by atoms with van der Waals surface area (Å²) in [5.74, 6) is -0.883. The molecule has 0 aliphatic carbocycles. The van der Waals surface area contributed by atoms with Gasteiger partial charge in [0.1, 0.15) is 6.23 Å². The van der Waals surface area contributed by atoms with Crippen LogP contribution in [0.1, 0.15) is 19.1 Å². The highest BCUT2D eigenvalue weighted by atomic mass is 19.1. The van der Waals surface area contributed by atoms with E-state index in [2.05, 4.69) is 15.0 Å². The van der Waals surface area contributed by atoms with E-state index in [1.165, 1.54) is 6.33 Å². The first-order valence-corrected chi connectivity index (χ1v) is 5.61. The largest absolute Gasteiger partial charge is 0.394 e. The maximum Gasteiger partial charge on any atom is 0.245 e. The minimum absolute atomic E-state index is 0.0331. The molecule has 2 unspecified atom stereocenters. The Kier molecular flexibility index (Phi) is 2.60. The molecule has 2 aromatic heterocycles. The van der Waals surface area contributed by atoms with Crippen molar-refractivity contribution < 1.29 is 14.2 Å². The van der Waals surface area contributed by atoms with Crippen molar-refractivity contribution in [1.82, 2.24) is 19.5 Å². The van der Waals surface area contributed by atoms with E-state index in [1.54, 1.807) is 4.57 Å². The summed E-state index contributed by atoms with van der Waals surface area (Å²) in [6, 6.07) is 0. The van der Waals surface area contributed by atoms with Gasteiger partial charge in [0.25, 0.3) is 0 Å². The number of anilines is 1. The van der Waals surface area contributed by atoms with Crippen molar-refractivity contribution in [3.63, 3.8) is 0 Å². The first-order valence-electron chi connectivity index (χ1n) is 5.61. The Hall–Kier alpha value is -1.80. The fourth-order valence-electron chi connectivity index (χ4n) is 2.13. The molecule has 2 atom stereocenters. The summed E-state index contributed by atoms with van der Waals surface area (Å²) in [6.07, 6.45) is 2.40. The Balaban J connectivity index is 2.03. The average Bonchev–Trinajstić information content (AvgIpc) is 2.93. The van der Waals surface area contributed by atoms with E-state index < -0.39 is 5.95 Å². The van der Waals surface area contributed by atoms with Crippen LogP contribution in [0.25, 0.3) is 11.2 Å². The molecule has 18 heavy (non-hydrogen) atoms. The summed E-state index contributed by atoms with van der Waals surface area (Å²) in [7, 11) is 0. The average molecular weight is 253 g/mol. The highest BCUT2D eigenvalue weighted by molar-refractivity contribution is 5.71. The van der Waals surface area contributed by atoms with Crippen LogP contribution in [0.2, 0.25) is 0 Å². The van der Waals surface area contributed by atoms with Crippen molar-refractivity contribution in [2.75, 3.05) is 12.3 Å². The Morgan fingerprint density at radius 1 is 1.50 bits per heavy atom. The summed E-state index contributed by atoms with van der Waals surface area (Å²) >= 11 is 0. The zero-order valence-electron chi connectivity index (χ0n) is 9.45. The molecule has 0 spiro atoms. The predicted octanol–water partition coefficient (Wildman–Crippen LogP) is 0.217. The summed E-state index contributed by atoms with van der Waals surface area (Å²) in [5, 5.41) is 9.03. The molecule has 0 aromatic carbocycles. The second-order valence-electron chi connectivity index (χ2n) is 4.17. The first-order chi connectivity index (χ1) is 8.69. The van der Waals surface area contributed by atoms with E-state index in [-0.39, 0.29) is 30.4 Å². The number of aliphatic hydroxyl groups excluding tert-OH is 1. The minimum Gasteiger partial charge on any atom is -0.394 e. The quantitative estimate of drug-likeness (QED) is 0.743. The number of ether oxygens (including phenoxy) is 1. The summed E-state index contributed by atoms with van der Waals surface area (Å²) in [4.78, 5) is 11.3. The number of hydrogen-bond acceptors (Lipinski definition) is 6. The van der Waals surface area contributed by atoms with Gasteiger partial charge in [0, 0.05) is 0 Å². The van der Waals surface area contributed by atoms with Crippen LogP contribution < -0.4 is 5.73 Å². The number of nitrogens with zero attached hydrogens (tertiary/aromatic N) is 4.